The van der Waals surface area contributed by atoms with Gasteiger partial charge in [0.15, 0.2) is 5.78 Å². The second-order valence-corrected chi connectivity index (χ2v) is 5.08. The van der Waals surface area contributed by atoms with Crippen LogP contribution in [0.5, 0.6) is 0 Å². The number of ketones is 1. The number of fused-ring (bicyclic) bond motifs is 1. The van der Waals surface area contributed by atoms with Crippen molar-refractivity contribution in [2.24, 2.45) is 0 Å². The molecule has 0 amide bonds. The number of carbonyl (C=O) groups is 2. The molecule has 0 aliphatic rings. The zero-order valence-corrected chi connectivity index (χ0v) is 10.7. The summed E-state index contributed by atoms with van der Waals surface area (Å²) in [5.41, 5.74) is 0.769. The maximum atomic E-state index is 12.0. The monoisotopic (exact) mass is 262 g/mol. The van der Waals surface area contributed by atoms with Gasteiger partial charge < -0.3 is 5.11 Å². The molecule has 0 unspecified atom stereocenters. The highest BCUT2D eigenvalue weighted by Gasteiger charge is 2.11. The van der Waals surface area contributed by atoms with Gasteiger partial charge in [0.1, 0.15) is 0 Å². The lowest BCUT2D eigenvalue weighted by Crippen LogP contribution is -1.99. The Morgan fingerprint density at radius 1 is 1.11 bits per heavy atom. The van der Waals surface area contributed by atoms with E-state index in [1.54, 1.807) is 11.3 Å². The summed E-state index contributed by atoms with van der Waals surface area (Å²) in [6.45, 7) is 0. The fraction of sp³-hybridized carbons (Fsp3) is 0.286. The Balaban J connectivity index is 1.99. The lowest BCUT2D eigenvalue weighted by atomic mass is 10.0. The number of thiophene rings is 1. The average molecular weight is 262 g/mol. The Labute approximate surface area is 109 Å². The summed E-state index contributed by atoms with van der Waals surface area (Å²) in [7, 11) is 0. The zero-order valence-electron chi connectivity index (χ0n) is 9.89. The number of hydrogen-bond donors (Lipinski definition) is 1. The molecule has 1 N–H and O–H groups in total. The summed E-state index contributed by atoms with van der Waals surface area (Å²) in [5.74, 6) is -0.693. The maximum Gasteiger partial charge on any atom is 0.303 e. The van der Waals surface area contributed by atoms with Crippen molar-refractivity contribution in [1.29, 1.82) is 0 Å². The molecule has 0 bridgehead atoms. The van der Waals surface area contributed by atoms with E-state index < -0.39 is 5.97 Å². The smallest absolute Gasteiger partial charge is 0.303 e. The number of hydrogen-bond acceptors (Lipinski definition) is 3. The number of carboxylic acid groups (broad SMARTS) is 1. The van der Waals surface area contributed by atoms with E-state index >= 15 is 0 Å². The molecule has 18 heavy (non-hydrogen) atoms. The third kappa shape index (κ3) is 2.96. The van der Waals surface area contributed by atoms with Crippen molar-refractivity contribution in [3.05, 3.63) is 35.2 Å². The molecule has 2 rings (SSSR count). The molecule has 94 valence electrons. The molecule has 0 aliphatic heterocycles. The highest BCUT2D eigenvalue weighted by Crippen LogP contribution is 2.26. The second-order valence-electron chi connectivity index (χ2n) is 4.17. The van der Waals surface area contributed by atoms with E-state index in [0.717, 1.165) is 15.6 Å². The minimum atomic E-state index is -0.802. The molecule has 1 heterocycles. The van der Waals surface area contributed by atoms with Gasteiger partial charge in [0, 0.05) is 33.9 Å². The average Bonchev–Trinajstić information content (AvgIpc) is 2.78. The second kappa shape index (κ2) is 5.78. The molecular weight excluding hydrogens is 248 g/mol. The van der Waals surface area contributed by atoms with Crippen LogP contribution in [0.2, 0.25) is 0 Å². The molecule has 0 saturated heterocycles. The van der Waals surface area contributed by atoms with Gasteiger partial charge in [0.25, 0.3) is 0 Å². The molecule has 0 radical (unpaired) electrons. The summed E-state index contributed by atoms with van der Waals surface area (Å²) < 4.78 is 1.12. The first-order chi connectivity index (χ1) is 8.68. The molecule has 2 aromatic rings. The third-order valence-electron chi connectivity index (χ3n) is 2.83. The van der Waals surface area contributed by atoms with Crippen LogP contribution in [0.4, 0.5) is 0 Å². The molecule has 0 aliphatic carbocycles. The minimum absolute atomic E-state index is 0.109. The van der Waals surface area contributed by atoms with Gasteiger partial charge in [0.05, 0.1) is 0 Å². The first kappa shape index (κ1) is 12.8. The number of unbranched alkanes of at least 4 members (excludes halogenated alkanes) is 1. The Morgan fingerprint density at radius 2 is 1.83 bits per heavy atom. The van der Waals surface area contributed by atoms with Crippen molar-refractivity contribution in [2.75, 3.05) is 0 Å². The van der Waals surface area contributed by atoms with Gasteiger partial charge in [-0.05, 0) is 18.9 Å². The lowest BCUT2D eigenvalue weighted by Gasteiger charge is -1.99. The summed E-state index contributed by atoms with van der Waals surface area (Å²) in [5, 5.41) is 11.4. The van der Waals surface area contributed by atoms with Gasteiger partial charge >= 0.3 is 5.97 Å². The van der Waals surface area contributed by atoms with E-state index in [4.69, 9.17) is 5.11 Å². The van der Waals surface area contributed by atoms with Gasteiger partial charge in [-0.3, -0.25) is 9.59 Å². The van der Waals surface area contributed by atoms with Gasteiger partial charge in [-0.1, -0.05) is 18.2 Å². The van der Waals surface area contributed by atoms with E-state index in [9.17, 15) is 9.59 Å². The number of benzene rings is 1. The number of carboxylic acids is 1. The van der Waals surface area contributed by atoms with Crippen LogP contribution in [0.1, 0.15) is 36.0 Å². The number of aliphatic carboxylic acids is 1. The van der Waals surface area contributed by atoms with Crippen molar-refractivity contribution >= 4 is 33.2 Å². The predicted molar refractivity (Wildman–Crippen MR) is 72.3 cm³/mol. The Bertz CT molecular complexity index is 571. The Hall–Kier alpha value is -1.68. The molecule has 0 fully saturated rings. The van der Waals surface area contributed by atoms with Gasteiger partial charge in [-0.15, -0.1) is 11.3 Å². The van der Waals surface area contributed by atoms with Gasteiger partial charge in [-0.2, -0.15) is 0 Å². The molecule has 1 aromatic carbocycles. The fourth-order valence-corrected chi connectivity index (χ4v) is 2.86. The van der Waals surface area contributed by atoms with Crippen molar-refractivity contribution in [1.82, 2.24) is 0 Å². The Kier molecular flexibility index (Phi) is 4.10. The van der Waals surface area contributed by atoms with Crippen LogP contribution in [-0.4, -0.2) is 16.9 Å². The van der Waals surface area contributed by atoms with E-state index in [2.05, 4.69) is 0 Å². The molecule has 3 nitrogen and oxygen atoms in total. The quantitative estimate of drug-likeness (QED) is 0.637. The fourth-order valence-electron chi connectivity index (χ4n) is 1.89. The standard InChI is InChI=1S/C14H14O3S/c15-12(6-2-4-8-14(16)17)11-9-18-13-7-3-1-5-10(11)13/h1,3,5,7,9H,2,4,6,8H2,(H,16,17). The van der Waals surface area contributed by atoms with Crippen molar-refractivity contribution in [3.8, 4) is 0 Å². The summed E-state index contributed by atoms with van der Waals surface area (Å²) in [6, 6.07) is 7.84. The van der Waals surface area contributed by atoms with E-state index in [1.807, 2.05) is 29.6 Å². The molecule has 0 saturated carbocycles. The molecule has 1 aromatic heterocycles. The SMILES string of the molecule is O=C(O)CCCCC(=O)c1csc2ccccc12. The topological polar surface area (TPSA) is 54.4 Å². The first-order valence-corrected chi connectivity index (χ1v) is 6.77. The first-order valence-electron chi connectivity index (χ1n) is 5.89. The van der Waals surface area contributed by atoms with E-state index in [0.29, 0.717) is 19.3 Å². The van der Waals surface area contributed by atoms with E-state index in [-0.39, 0.29) is 12.2 Å². The van der Waals surface area contributed by atoms with Crippen molar-refractivity contribution in [2.45, 2.75) is 25.7 Å². The van der Waals surface area contributed by atoms with Crippen molar-refractivity contribution < 1.29 is 14.7 Å². The maximum absolute atomic E-state index is 12.0. The van der Waals surface area contributed by atoms with Crippen LogP contribution < -0.4 is 0 Å². The van der Waals surface area contributed by atoms with Gasteiger partial charge in [0.2, 0.25) is 0 Å². The normalized spacial score (nSPS) is 10.7. The molecule has 0 atom stereocenters. The summed E-state index contributed by atoms with van der Waals surface area (Å²) in [4.78, 5) is 22.4. The van der Waals surface area contributed by atoms with Crippen LogP contribution in [0.15, 0.2) is 29.6 Å². The third-order valence-corrected chi connectivity index (χ3v) is 3.79. The highest BCUT2D eigenvalue weighted by atomic mass is 32.1. The summed E-state index contributed by atoms with van der Waals surface area (Å²) in [6.07, 6.45) is 1.75. The number of carbonyl (C=O) groups excluding carboxylic acids is 1. The zero-order chi connectivity index (χ0) is 13.0. The van der Waals surface area contributed by atoms with Crippen LogP contribution in [0.3, 0.4) is 0 Å². The molecule has 0 spiro atoms. The lowest BCUT2D eigenvalue weighted by molar-refractivity contribution is -0.137. The van der Waals surface area contributed by atoms with Crippen molar-refractivity contribution in [3.63, 3.8) is 0 Å². The van der Waals surface area contributed by atoms with E-state index in [1.165, 1.54) is 0 Å². The molecule has 4 heteroatoms. The number of Topliss-reactive ketones (excluding diaryl/α,β-unsaturated/α-hetero) is 1. The van der Waals surface area contributed by atoms with Crippen LogP contribution in [-0.2, 0) is 4.79 Å². The van der Waals surface area contributed by atoms with Crippen LogP contribution in [0.25, 0.3) is 10.1 Å². The summed E-state index contributed by atoms with van der Waals surface area (Å²) >= 11 is 1.57. The Morgan fingerprint density at radius 3 is 2.61 bits per heavy atom. The van der Waals surface area contributed by atoms with Crippen LogP contribution in [0, 0.1) is 0 Å². The van der Waals surface area contributed by atoms with Gasteiger partial charge in [-0.25, -0.2) is 0 Å². The predicted octanol–water partition coefficient (Wildman–Crippen LogP) is 3.73. The van der Waals surface area contributed by atoms with Crippen LogP contribution >= 0.6 is 11.3 Å². The minimum Gasteiger partial charge on any atom is -0.481 e. The number of rotatable bonds is 6. The largest absolute Gasteiger partial charge is 0.481 e. The molecular formula is C14H14O3S. The highest BCUT2D eigenvalue weighted by molar-refractivity contribution is 7.17.